The van der Waals surface area contributed by atoms with Gasteiger partial charge < -0.3 is 5.11 Å². The molecule has 0 aromatic heterocycles. The topological polar surface area (TPSA) is 23.5 Å². The van der Waals surface area contributed by atoms with E-state index in [1.807, 2.05) is 24.3 Å². The van der Waals surface area contributed by atoms with Crippen LogP contribution in [0.2, 0.25) is 0 Å². The van der Waals surface area contributed by atoms with Crippen LogP contribution in [0.3, 0.4) is 0 Å². The molecule has 0 radical (unpaired) electrons. The minimum absolute atomic E-state index is 0.411. The van der Waals surface area contributed by atoms with E-state index in [2.05, 4.69) is 48.5 Å². The van der Waals surface area contributed by atoms with Gasteiger partial charge in [-0.2, -0.15) is 0 Å². The van der Waals surface area contributed by atoms with Crippen molar-refractivity contribution in [2.45, 2.75) is 33.8 Å². The van der Waals surface area contributed by atoms with Crippen molar-refractivity contribution in [2.24, 2.45) is 11.8 Å². The minimum Gasteiger partial charge on any atom is -0.387 e. The van der Waals surface area contributed by atoms with Gasteiger partial charge in [0.2, 0.25) is 0 Å². The summed E-state index contributed by atoms with van der Waals surface area (Å²) < 4.78 is 1.05. The van der Waals surface area contributed by atoms with Crippen molar-refractivity contribution in [1.82, 2.24) is 4.90 Å². The molecule has 2 nitrogen and oxygen atoms in total. The molecule has 3 heteroatoms. The van der Waals surface area contributed by atoms with Gasteiger partial charge in [0.1, 0.15) is 0 Å². The average molecular weight is 328 g/mol. The number of benzene rings is 1. The maximum Gasteiger partial charge on any atom is 0.0916 e. The fourth-order valence-corrected chi connectivity index (χ4v) is 2.56. The number of halogens is 1. The normalized spacial score (nSPS) is 13.5. The highest BCUT2D eigenvalue weighted by atomic mass is 79.9. The van der Waals surface area contributed by atoms with Crippen LogP contribution in [0.25, 0.3) is 0 Å². The van der Waals surface area contributed by atoms with Crippen molar-refractivity contribution in [1.29, 1.82) is 0 Å². The Bertz CT molecular complexity index is 352. The molecule has 1 atom stereocenters. The van der Waals surface area contributed by atoms with Crippen LogP contribution in [0.5, 0.6) is 0 Å². The number of nitrogens with zero attached hydrogens (tertiary/aromatic N) is 1. The first-order chi connectivity index (χ1) is 8.88. The molecule has 1 aromatic rings. The van der Waals surface area contributed by atoms with Crippen LogP contribution in [0.4, 0.5) is 0 Å². The first-order valence-corrected chi connectivity index (χ1v) is 7.83. The third-order valence-corrected chi connectivity index (χ3v) is 3.46. The second kappa shape index (κ2) is 8.03. The maximum absolute atomic E-state index is 10.4. The Morgan fingerprint density at radius 2 is 1.42 bits per heavy atom. The van der Waals surface area contributed by atoms with Gasteiger partial charge in [0, 0.05) is 24.1 Å². The molecule has 0 amide bonds. The summed E-state index contributed by atoms with van der Waals surface area (Å²) in [6.07, 6.45) is -0.411. The van der Waals surface area contributed by atoms with Crippen molar-refractivity contribution in [3.05, 3.63) is 34.3 Å². The lowest BCUT2D eigenvalue weighted by molar-refractivity contribution is 0.0987. The maximum atomic E-state index is 10.4. The van der Waals surface area contributed by atoms with Crippen molar-refractivity contribution in [2.75, 3.05) is 19.6 Å². The molecule has 0 heterocycles. The third kappa shape index (κ3) is 6.55. The molecule has 1 unspecified atom stereocenters. The number of hydrogen-bond donors (Lipinski definition) is 1. The Morgan fingerprint density at radius 3 is 1.84 bits per heavy atom. The lowest BCUT2D eigenvalue weighted by Crippen LogP contribution is -2.35. The fourth-order valence-electron chi connectivity index (χ4n) is 2.29. The number of rotatable bonds is 7. The average Bonchev–Trinajstić information content (AvgIpc) is 2.27. The first kappa shape index (κ1) is 16.7. The monoisotopic (exact) mass is 327 g/mol. The summed E-state index contributed by atoms with van der Waals surface area (Å²) >= 11 is 3.42. The minimum atomic E-state index is -0.411. The molecule has 0 saturated carbocycles. The fraction of sp³-hybridized carbons (Fsp3) is 0.625. The summed E-state index contributed by atoms with van der Waals surface area (Å²) in [5, 5.41) is 10.4. The summed E-state index contributed by atoms with van der Waals surface area (Å²) in [6.45, 7) is 11.7. The first-order valence-electron chi connectivity index (χ1n) is 7.04. The standard InChI is InChI=1S/C16H26BrNO/c1-12(2)9-18(10-13(3)4)11-16(19)14-5-7-15(17)8-6-14/h5-8,12-13,16,19H,9-11H2,1-4H3. The van der Waals surface area contributed by atoms with E-state index in [0.29, 0.717) is 18.4 Å². The van der Waals surface area contributed by atoms with E-state index < -0.39 is 6.10 Å². The number of hydrogen-bond acceptors (Lipinski definition) is 2. The molecule has 19 heavy (non-hydrogen) atoms. The second-order valence-electron chi connectivity index (χ2n) is 6.07. The van der Waals surface area contributed by atoms with E-state index in [0.717, 1.165) is 23.1 Å². The van der Waals surface area contributed by atoms with Gasteiger partial charge in [0.25, 0.3) is 0 Å². The highest BCUT2D eigenvalue weighted by molar-refractivity contribution is 9.10. The largest absolute Gasteiger partial charge is 0.387 e. The Labute approximate surface area is 126 Å². The zero-order valence-corrected chi connectivity index (χ0v) is 14.0. The summed E-state index contributed by atoms with van der Waals surface area (Å²) in [4.78, 5) is 2.36. The number of aliphatic hydroxyl groups excluding tert-OH is 1. The van der Waals surface area contributed by atoms with Crippen LogP contribution in [0.15, 0.2) is 28.7 Å². The van der Waals surface area contributed by atoms with E-state index in [4.69, 9.17) is 0 Å². The van der Waals surface area contributed by atoms with Crippen LogP contribution in [-0.2, 0) is 0 Å². The quantitative estimate of drug-likeness (QED) is 0.815. The van der Waals surface area contributed by atoms with Gasteiger partial charge >= 0.3 is 0 Å². The van der Waals surface area contributed by atoms with Gasteiger partial charge in [0.15, 0.2) is 0 Å². The Kier molecular flexibility index (Phi) is 7.05. The molecule has 108 valence electrons. The highest BCUT2D eigenvalue weighted by Crippen LogP contribution is 2.18. The van der Waals surface area contributed by atoms with E-state index in [9.17, 15) is 5.11 Å². The smallest absolute Gasteiger partial charge is 0.0916 e. The van der Waals surface area contributed by atoms with E-state index in [1.54, 1.807) is 0 Å². The highest BCUT2D eigenvalue weighted by Gasteiger charge is 2.15. The zero-order chi connectivity index (χ0) is 14.4. The number of aliphatic hydroxyl groups is 1. The summed E-state index contributed by atoms with van der Waals surface area (Å²) in [5.41, 5.74) is 0.987. The van der Waals surface area contributed by atoms with Crippen LogP contribution < -0.4 is 0 Å². The molecule has 0 aliphatic carbocycles. The molecule has 0 spiro atoms. The second-order valence-corrected chi connectivity index (χ2v) is 6.99. The van der Waals surface area contributed by atoms with Crippen LogP contribution >= 0.6 is 15.9 Å². The Hall–Kier alpha value is -0.380. The van der Waals surface area contributed by atoms with Gasteiger partial charge in [-0.1, -0.05) is 55.8 Å². The van der Waals surface area contributed by atoms with Gasteiger partial charge in [-0.15, -0.1) is 0 Å². The molecule has 0 bridgehead atoms. The SMILES string of the molecule is CC(C)CN(CC(C)C)CC(O)c1ccc(Br)cc1. The molecule has 1 rings (SSSR count). The van der Waals surface area contributed by atoms with Crippen LogP contribution in [-0.4, -0.2) is 29.6 Å². The van der Waals surface area contributed by atoms with Gasteiger partial charge in [0.05, 0.1) is 6.10 Å². The predicted molar refractivity (Wildman–Crippen MR) is 85.2 cm³/mol. The molecule has 0 fully saturated rings. The summed E-state index contributed by atoms with van der Waals surface area (Å²) in [6, 6.07) is 7.93. The van der Waals surface area contributed by atoms with Gasteiger partial charge in [-0.05, 0) is 29.5 Å². The van der Waals surface area contributed by atoms with Crippen molar-refractivity contribution in [3.8, 4) is 0 Å². The zero-order valence-electron chi connectivity index (χ0n) is 12.4. The predicted octanol–water partition coefficient (Wildman–Crippen LogP) is 4.10. The molecule has 1 aromatic carbocycles. The van der Waals surface area contributed by atoms with Crippen molar-refractivity contribution < 1.29 is 5.11 Å². The molecule has 1 N–H and O–H groups in total. The van der Waals surface area contributed by atoms with Gasteiger partial charge in [-0.25, -0.2) is 0 Å². The van der Waals surface area contributed by atoms with Crippen molar-refractivity contribution >= 4 is 15.9 Å². The van der Waals surface area contributed by atoms with Crippen LogP contribution in [0, 0.1) is 11.8 Å². The van der Waals surface area contributed by atoms with E-state index >= 15 is 0 Å². The molecule has 0 aliphatic rings. The Morgan fingerprint density at radius 1 is 0.947 bits per heavy atom. The van der Waals surface area contributed by atoms with Crippen LogP contribution in [0.1, 0.15) is 39.4 Å². The molecule has 0 saturated heterocycles. The van der Waals surface area contributed by atoms with Crippen molar-refractivity contribution in [3.63, 3.8) is 0 Å². The molecule has 0 aliphatic heterocycles. The summed E-state index contributed by atoms with van der Waals surface area (Å²) in [7, 11) is 0. The Balaban J connectivity index is 2.63. The summed E-state index contributed by atoms with van der Waals surface area (Å²) in [5.74, 6) is 1.24. The lowest BCUT2D eigenvalue weighted by atomic mass is 10.1. The molecular formula is C16H26BrNO. The third-order valence-electron chi connectivity index (χ3n) is 2.93. The van der Waals surface area contributed by atoms with E-state index in [1.165, 1.54) is 0 Å². The van der Waals surface area contributed by atoms with E-state index in [-0.39, 0.29) is 0 Å². The molecular weight excluding hydrogens is 302 g/mol. The van der Waals surface area contributed by atoms with Gasteiger partial charge in [-0.3, -0.25) is 4.90 Å². The lowest BCUT2D eigenvalue weighted by Gasteiger charge is -2.28.